The number of benzene rings is 2. The van der Waals surface area contributed by atoms with Crippen LogP contribution in [0.3, 0.4) is 0 Å². The fraction of sp³-hybridized carbons (Fsp3) is 0.278. The highest BCUT2D eigenvalue weighted by Gasteiger charge is 2.22. The van der Waals surface area contributed by atoms with Gasteiger partial charge in [0.1, 0.15) is 11.6 Å². The van der Waals surface area contributed by atoms with E-state index in [1.54, 1.807) is 37.4 Å². The van der Waals surface area contributed by atoms with E-state index < -0.39 is 11.9 Å². The number of aliphatic carboxylic acids is 1. The molecule has 0 bridgehead atoms. The lowest BCUT2D eigenvalue weighted by Gasteiger charge is -2.16. The Morgan fingerprint density at radius 2 is 1.95 bits per heavy atom. The summed E-state index contributed by atoms with van der Waals surface area (Å²) in [6.07, 6.45) is 0.862. The fourth-order valence-electron chi connectivity index (χ4n) is 2.52. The van der Waals surface area contributed by atoms with E-state index >= 15 is 0 Å². The van der Waals surface area contributed by atoms with Gasteiger partial charge in [0.05, 0.1) is 13.0 Å². The number of aryl methyl sites for hydroxylation is 1. The lowest BCUT2D eigenvalue weighted by atomic mass is 9.90. The highest BCUT2D eigenvalue weighted by Crippen LogP contribution is 2.28. The summed E-state index contributed by atoms with van der Waals surface area (Å²) in [4.78, 5) is 11.6. The first-order valence-electron chi connectivity index (χ1n) is 7.19. The van der Waals surface area contributed by atoms with E-state index in [1.165, 1.54) is 6.07 Å². The maximum Gasteiger partial charge on any atom is 0.311 e. The molecular formula is C18H19FO3. The monoisotopic (exact) mass is 302 g/mol. The molecule has 0 amide bonds. The second kappa shape index (κ2) is 7.07. The normalized spacial score (nSPS) is 12.0. The second-order valence-electron chi connectivity index (χ2n) is 5.11. The fourth-order valence-corrected chi connectivity index (χ4v) is 2.52. The topological polar surface area (TPSA) is 46.5 Å². The van der Waals surface area contributed by atoms with E-state index in [2.05, 4.69) is 0 Å². The van der Waals surface area contributed by atoms with Gasteiger partial charge in [-0.05, 0) is 41.7 Å². The van der Waals surface area contributed by atoms with Crippen molar-refractivity contribution in [1.29, 1.82) is 0 Å². The Balaban J connectivity index is 2.36. The number of hydrogen-bond acceptors (Lipinski definition) is 2. The third-order valence-electron chi connectivity index (χ3n) is 3.77. The molecule has 0 radical (unpaired) electrons. The molecule has 1 atom stereocenters. The third-order valence-corrected chi connectivity index (χ3v) is 3.77. The molecule has 0 aliphatic carbocycles. The van der Waals surface area contributed by atoms with Crippen molar-refractivity contribution in [3.63, 3.8) is 0 Å². The van der Waals surface area contributed by atoms with E-state index in [-0.39, 0.29) is 12.2 Å². The highest BCUT2D eigenvalue weighted by molar-refractivity contribution is 5.76. The van der Waals surface area contributed by atoms with Gasteiger partial charge in [-0.25, -0.2) is 4.39 Å². The average molecular weight is 302 g/mol. The van der Waals surface area contributed by atoms with Crippen LogP contribution >= 0.6 is 0 Å². The highest BCUT2D eigenvalue weighted by atomic mass is 19.1. The van der Waals surface area contributed by atoms with Gasteiger partial charge >= 0.3 is 5.97 Å². The lowest BCUT2D eigenvalue weighted by molar-refractivity contribution is -0.138. The van der Waals surface area contributed by atoms with Crippen LogP contribution in [0.2, 0.25) is 0 Å². The quantitative estimate of drug-likeness (QED) is 0.882. The van der Waals surface area contributed by atoms with Gasteiger partial charge in [-0.2, -0.15) is 0 Å². The Morgan fingerprint density at radius 1 is 1.23 bits per heavy atom. The Bertz CT molecular complexity index is 667. The van der Waals surface area contributed by atoms with Crippen LogP contribution in [0.5, 0.6) is 5.75 Å². The standard InChI is InChI=1S/C18H19FO3/c1-3-12-10-13(8-9-17(12)22-2)15(18(20)21)11-14-6-4-5-7-16(14)19/h4-10,15H,3,11H2,1-2H3,(H,20,21). The van der Waals surface area contributed by atoms with Crippen LogP contribution < -0.4 is 4.74 Å². The minimum Gasteiger partial charge on any atom is -0.496 e. The van der Waals surface area contributed by atoms with Crippen molar-refractivity contribution in [3.05, 3.63) is 65.0 Å². The van der Waals surface area contributed by atoms with E-state index in [1.807, 2.05) is 13.0 Å². The SMILES string of the molecule is CCc1cc(C(Cc2ccccc2F)C(=O)O)ccc1OC. The van der Waals surface area contributed by atoms with E-state index in [4.69, 9.17) is 4.74 Å². The zero-order chi connectivity index (χ0) is 16.1. The molecular weight excluding hydrogens is 283 g/mol. The van der Waals surface area contributed by atoms with Crippen molar-refractivity contribution in [2.45, 2.75) is 25.7 Å². The van der Waals surface area contributed by atoms with Gasteiger partial charge < -0.3 is 9.84 Å². The van der Waals surface area contributed by atoms with E-state index in [0.29, 0.717) is 11.1 Å². The number of carboxylic acids is 1. The van der Waals surface area contributed by atoms with Crippen LogP contribution in [0.1, 0.15) is 29.5 Å². The van der Waals surface area contributed by atoms with Crippen LogP contribution in [0, 0.1) is 5.82 Å². The van der Waals surface area contributed by atoms with E-state index in [0.717, 1.165) is 17.7 Å². The molecule has 116 valence electrons. The summed E-state index contributed by atoms with van der Waals surface area (Å²) in [5.74, 6) is -1.39. The molecule has 0 spiro atoms. The van der Waals surface area contributed by atoms with Gasteiger partial charge in [-0.15, -0.1) is 0 Å². The molecule has 2 rings (SSSR count). The minimum atomic E-state index is -0.963. The Kier molecular flexibility index (Phi) is 5.15. The number of carboxylic acid groups (broad SMARTS) is 1. The van der Waals surface area contributed by atoms with E-state index in [9.17, 15) is 14.3 Å². The maximum absolute atomic E-state index is 13.8. The molecule has 0 saturated heterocycles. The van der Waals surface area contributed by atoms with Crippen LogP contribution in [0.15, 0.2) is 42.5 Å². The van der Waals surface area contributed by atoms with Gasteiger partial charge in [0.25, 0.3) is 0 Å². The Morgan fingerprint density at radius 3 is 2.55 bits per heavy atom. The number of rotatable bonds is 6. The van der Waals surface area contributed by atoms with Gasteiger partial charge in [-0.1, -0.05) is 37.3 Å². The van der Waals surface area contributed by atoms with Crippen molar-refractivity contribution >= 4 is 5.97 Å². The molecule has 1 unspecified atom stereocenters. The van der Waals surface area contributed by atoms with Crippen molar-refractivity contribution in [2.24, 2.45) is 0 Å². The van der Waals surface area contributed by atoms with Crippen LogP contribution in [0.4, 0.5) is 4.39 Å². The number of methoxy groups -OCH3 is 1. The van der Waals surface area contributed by atoms with Gasteiger partial charge in [0.15, 0.2) is 0 Å². The molecule has 4 heteroatoms. The zero-order valence-electron chi connectivity index (χ0n) is 12.7. The van der Waals surface area contributed by atoms with Crippen LogP contribution in [-0.4, -0.2) is 18.2 Å². The molecule has 22 heavy (non-hydrogen) atoms. The maximum atomic E-state index is 13.8. The number of ether oxygens (including phenoxy) is 1. The molecule has 0 saturated carbocycles. The summed E-state index contributed by atoms with van der Waals surface area (Å²) < 4.78 is 19.0. The predicted octanol–water partition coefficient (Wildman–Crippen LogP) is 3.81. The number of carbonyl (C=O) groups is 1. The molecule has 3 nitrogen and oxygen atoms in total. The van der Waals surface area contributed by atoms with Crippen molar-refractivity contribution < 1.29 is 19.0 Å². The first-order valence-corrected chi connectivity index (χ1v) is 7.19. The first kappa shape index (κ1) is 16.0. The average Bonchev–Trinajstić information content (AvgIpc) is 2.53. The van der Waals surface area contributed by atoms with Gasteiger partial charge in [-0.3, -0.25) is 4.79 Å². The molecule has 0 aliphatic rings. The van der Waals surface area contributed by atoms with Gasteiger partial charge in [0.2, 0.25) is 0 Å². The summed E-state index contributed by atoms with van der Waals surface area (Å²) >= 11 is 0. The summed E-state index contributed by atoms with van der Waals surface area (Å²) in [7, 11) is 1.59. The van der Waals surface area contributed by atoms with Crippen LogP contribution in [0.25, 0.3) is 0 Å². The lowest BCUT2D eigenvalue weighted by Crippen LogP contribution is -2.15. The minimum absolute atomic E-state index is 0.123. The Hall–Kier alpha value is -2.36. The number of halogens is 1. The zero-order valence-corrected chi connectivity index (χ0v) is 12.7. The summed E-state index contributed by atoms with van der Waals surface area (Å²) in [5.41, 5.74) is 2.01. The summed E-state index contributed by atoms with van der Waals surface area (Å²) in [6.45, 7) is 1.98. The van der Waals surface area contributed by atoms with Gasteiger partial charge in [0, 0.05) is 0 Å². The third kappa shape index (κ3) is 3.45. The molecule has 2 aromatic rings. The molecule has 2 aromatic carbocycles. The van der Waals surface area contributed by atoms with Crippen molar-refractivity contribution in [1.82, 2.24) is 0 Å². The predicted molar refractivity (Wildman–Crippen MR) is 82.9 cm³/mol. The smallest absolute Gasteiger partial charge is 0.311 e. The summed E-state index contributed by atoms with van der Waals surface area (Å²) in [6, 6.07) is 11.6. The number of hydrogen-bond donors (Lipinski definition) is 1. The molecule has 0 aliphatic heterocycles. The molecule has 1 N–H and O–H groups in total. The molecule has 0 aromatic heterocycles. The largest absolute Gasteiger partial charge is 0.496 e. The van der Waals surface area contributed by atoms with Crippen LogP contribution in [-0.2, 0) is 17.6 Å². The van der Waals surface area contributed by atoms with Crippen molar-refractivity contribution in [3.8, 4) is 5.75 Å². The Labute approximate surface area is 129 Å². The molecule has 0 heterocycles. The summed E-state index contributed by atoms with van der Waals surface area (Å²) in [5, 5.41) is 9.52. The first-order chi connectivity index (χ1) is 10.6. The molecule has 0 fully saturated rings. The van der Waals surface area contributed by atoms with Crippen molar-refractivity contribution in [2.75, 3.05) is 7.11 Å². The second-order valence-corrected chi connectivity index (χ2v) is 5.11.